The minimum absolute atomic E-state index is 0.135. The fourth-order valence-corrected chi connectivity index (χ4v) is 3.59. The molecular formula is C8H9N2O5S2-. The molecule has 0 aliphatic carbocycles. The van der Waals surface area contributed by atoms with Crippen molar-refractivity contribution in [3.63, 3.8) is 0 Å². The van der Waals surface area contributed by atoms with E-state index in [2.05, 4.69) is 5.11 Å². The first-order valence-electron chi connectivity index (χ1n) is 4.38. The van der Waals surface area contributed by atoms with Crippen molar-refractivity contribution < 1.29 is 21.4 Å². The summed E-state index contributed by atoms with van der Waals surface area (Å²) in [5.41, 5.74) is 6.87. The molecule has 0 fully saturated rings. The average molecular weight is 277 g/mol. The van der Waals surface area contributed by atoms with Crippen molar-refractivity contribution in [2.45, 2.75) is 4.90 Å². The van der Waals surface area contributed by atoms with E-state index in [1.807, 2.05) is 0 Å². The highest BCUT2D eigenvalue weighted by molar-refractivity contribution is 7.93. The van der Waals surface area contributed by atoms with Gasteiger partial charge in [0, 0.05) is 0 Å². The highest BCUT2D eigenvalue weighted by Gasteiger charge is 2.16. The largest absolute Gasteiger partial charge is 0.748 e. The van der Waals surface area contributed by atoms with E-state index in [1.54, 1.807) is 0 Å². The summed E-state index contributed by atoms with van der Waals surface area (Å²) in [6.45, 7) is 0. The van der Waals surface area contributed by atoms with Crippen molar-refractivity contribution >= 4 is 25.6 Å². The predicted molar refractivity (Wildman–Crippen MR) is 57.9 cm³/mol. The van der Waals surface area contributed by atoms with Gasteiger partial charge in [-0.2, -0.15) is 5.11 Å². The Bertz CT molecular complexity index is 621. The molecule has 94 valence electrons. The van der Waals surface area contributed by atoms with E-state index in [-0.39, 0.29) is 10.6 Å². The molecule has 0 saturated carbocycles. The smallest absolute Gasteiger partial charge is 0.179 e. The number of benzene rings is 1. The number of sulfone groups is 1. The summed E-state index contributed by atoms with van der Waals surface area (Å²) in [6.07, 6.45) is 0. The molecule has 1 aromatic carbocycles. The quantitative estimate of drug-likeness (QED) is 0.624. The van der Waals surface area contributed by atoms with Crippen LogP contribution in [0.25, 0.3) is 0 Å². The first-order chi connectivity index (χ1) is 7.74. The zero-order valence-corrected chi connectivity index (χ0v) is 10.2. The van der Waals surface area contributed by atoms with Crippen molar-refractivity contribution in [3.8, 4) is 0 Å². The molecule has 0 heterocycles. The molecule has 0 radical (unpaired) electrons. The molecule has 0 unspecified atom stereocenters. The van der Waals surface area contributed by atoms with E-state index in [0.29, 0.717) is 0 Å². The Balaban J connectivity index is 3.01. The van der Waals surface area contributed by atoms with Gasteiger partial charge < -0.3 is 4.55 Å². The monoisotopic (exact) mass is 277 g/mol. The van der Waals surface area contributed by atoms with Crippen LogP contribution >= 0.6 is 0 Å². The number of hydrogen-bond acceptors (Lipinski definition) is 7. The van der Waals surface area contributed by atoms with Crippen molar-refractivity contribution in [1.29, 1.82) is 5.53 Å². The van der Waals surface area contributed by atoms with Gasteiger partial charge in [0.1, 0.15) is 0 Å². The second kappa shape index (κ2) is 4.90. The Morgan fingerprint density at radius 2 is 1.82 bits per heavy atom. The lowest BCUT2D eigenvalue weighted by atomic mass is 10.3. The summed E-state index contributed by atoms with van der Waals surface area (Å²) in [4.78, 5) is -0.158. The van der Waals surface area contributed by atoms with Gasteiger partial charge in [-0.05, 0) is 18.2 Å². The zero-order chi connectivity index (χ0) is 13.1. The van der Waals surface area contributed by atoms with Crippen LogP contribution in [0.2, 0.25) is 0 Å². The van der Waals surface area contributed by atoms with Crippen LogP contribution < -0.4 is 0 Å². The van der Waals surface area contributed by atoms with Crippen LogP contribution in [0.3, 0.4) is 0 Å². The fraction of sp³-hybridized carbons (Fsp3) is 0.250. The van der Waals surface area contributed by atoms with Gasteiger partial charge in [-0.25, -0.2) is 22.4 Å². The summed E-state index contributed by atoms with van der Waals surface area (Å²) in [5, 5.41) is 3.06. The topological polar surface area (TPSA) is 128 Å². The minimum Gasteiger partial charge on any atom is -0.748 e. The minimum atomic E-state index is -4.57. The summed E-state index contributed by atoms with van der Waals surface area (Å²) < 4.78 is 54.4. The average Bonchev–Trinajstić information content (AvgIpc) is 2.26. The van der Waals surface area contributed by atoms with Gasteiger partial charge in [-0.3, -0.25) is 0 Å². The fourth-order valence-electron chi connectivity index (χ4n) is 1.08. The number of hydrogen-bond donors (Lipinski definition) is 1. The van der Waals surface area contributed by atoms with Crippen molar-refractivity contribution in [2.75, 3.05) is 11.5 Å². The van der Waals surface area contributed by atoms with E-state index in [4.69, 9.17) is 5.53 Å². The maximum Gasteiger partial charge on any atom is 0.179 e. The van der Waals surface area contributed by atoms with Gasteiger partial charge in [0.25, 0.3) is 0 Å². The Hall–Kier alpha value is -1.32. The molecule has 0 bridgehead atoms. The Morgan fingerprint density at radius 3 is 2.35 bits per heavy atom. The molecule has 0 amide bonds. The molecular weight excluding hydrogens is 268 g/mol. The molecule has 1 aromatic rings. The Morgan fingerprint density at radius 1 is 1.18 bits per heavy atom. The zero-order valence-electron chi connectivity index (χ0n) is 8.53. The number of nitrogens with zero attached hydrogens (tertiary/aromatic N) is 1. The van der Waals surface area contributed by atoms with Crippen LogP contribution in [-0.4, -0.2) is 32.9 Å². The Labute approximate surface area is 98.7 Å². The SMILES string of the molecule is N=Nc1cccc(S(=O)(=O)CCS(=O)(=O)[O-])c1. The van der Waals surface area contributed by atoms with Crippen molar-refractivity contribution in [2.24, 2.45) is 5.11 Å². The van der Waals surface area contributed by atoms with Crippen LogP contribution in [-0.2, 0) is 20.0 Å². The first kappa shape index (κ1) is 13.7. The molecule has 1 rings (SSSR count). The highest BCUT2D eigenvalue weighted by Crippen LogP contribution is 2.18. The molecule has 7 nitrogen and oxygen atoms in total. The second-order valence-electron chi connectivity index (χ2n) is 3.19. The molecule has 1 N–H and O–H groups in total. The third-order valence-electron chi connectivity index (χ3n) is 1.91. The maximum absolute atomic E-state index is 11.6. The van der Waals surface area contributed by atoms with E-state index >= 15 is 0 Å². The third kappa shape index (κ3) is 4.21. The summed E-state index contributed by atoms with van der Waals surface area (Å²) in [5.74, 6) is -1.75. The first-order valence-corrected chi connectivity index (χ1v) is 7.61. The van der Waals surface area contributed by atoms with Gasteiger partial charge in [-0.15, -0.1) is 0 Å². The summed E-state index contributed by atoms with van der Waals surface area (Å²) in [6, 6.07) is 5.20. The molecule has 17 heavy (non-hydrogen) atoms. The number of nitrogens with one attached hydrogen (secondary N) is 1. The van der Waals surface area contributed by atoms with Crippen LogP contribution in [0.1, 0.15) is 0 Å². The van der Waals surface area contributed by atoms with E-state index in [1.165, 1.54) is 18.2 Å². The molecule has 0 aliphatic rings. The van der Waals surface area contributed by atoms with Crippen molar-refractivity contribution in [3.05, 3.63) is 24.3 Å². The lowest BCUT2D eigenvalue weighted by Crippen LogP contribution is -2.16. The van der Waals surface area contributed by atoms with E-state index in [0.717, 1.165) is 6.07 Å². The molecule has 0 aromatic heterocycles. The van der Waals surface area contributed by atoms with Crippen LogP contribution in [0.4, 0.5) is 5.69 Å². The molecule has 0 saturated heterocycles. The third-order valence-corrected chi connectivity index (χ3v) is 4.58. The molecule has 0 aliphatic heterocycles. The van der Waals surface area contributed by atoms with Gasteiger partial charge in [0.05, 0.1) is 32.2 Å². The lowest BCUT2D eigenvalue weighted by Gasteiger charge is -2.07. The maximum atomic E-state index is 11.6. The molecule has 9 heteroatoms. The van der Waals surface area contributed by atoms with Gasteiger partial charge in [0.2, 0.25) is 0 Å². The van der Waals surface area contributed by atoms with Gasteiger partial charge >= 0.3 is 0 Å². The van der Waals surface area contributed by atoms with Gasteiger partial charge in [-0.1, -0.05) is 6.07 Å². The second-order valence-corrected chi connectivity index (χ2v) is 6.82. The Kier molecular flexibility index (Phi) is 3.96. The normalized spacial score (nSPS) is 12.3. The highest BCUT2D eigenvalue weighted by atomic mass is 32.2. The summed E-state index contributed by atoms with van der Waals surface area (Å²) >= 11 is 0. The van der Waals surface area contributed by atoms with Gasteiger partial charge in [0.15, 0.2) is 9.84 Å². The molecule has 0 atom stereocenters. The van der Waals surface area contributed by atoms with E-state index < -0.39 is 31.5 Å². The predicted octanol–water partition coefficient (Wildman–Crippen LogP) is 0.668. The lowest BCUT2D eigenvalue weighted by molar-refractivity contribution is 0.464. The van der Waals surface area contributed by atoms with Crippen LogP contribution in [0, 0.1) is 5.53 Å². The van der Waals surface area contributed by atoms with Crippen LogP contribution in [0.15, 0.2) is 34.3 Å². The standard InChI is InChI=1S/C8H10N2O5S2/c9-10-7-2-1-3-8(6-7)16(11,12)4-5-17(13,14)15/h1-3,6,9H,4-5H2,(H,13,14,15)/p-1. The van der Waals surface area contributed by atoms with Crippen molar-refractivity contribution in [1.82, 2.24) is 0 Å². The summed E-state index contributed by atoms with van der Waals surface area (Å²) in [7, 11) is -8.42. The molecule has 0 spiro atoms. The van der Waals surface area contributed by atoms with E-state index in [9.17, 15) is 21.4 Å². The number of rotatable bonds is 5. The van der Waals surface area contributed by atoms with Crippen LogP contribution in [0.5, 0.6) is 0 Å².